The van der Waals surface area contributed by atoms with E-state index < -0.39 is 323 Å². The first-order chi connectivity index (χ1) is 61.2. The highest BCUT2D eigenvalue weighted by atomic mass is 16.8. The van der Waals surface area contributed by atoms with E-state index in [9.17, 15) is 117 Å². The molecule has 0 aromatic carbocycles. The van der Waals surface area contributed by atoms with Crippen molar-refractivity contribution in [2.45, 2.75) is 413 Å². The van der Waals surface area contributed by atoms with Gasteiger partial charge in [-0.2, -0.15) is 9.59 Å². The summed E-state index contributed by atoms with van der Waals surface area (Å²) in [4.78, 5) is 75.2. The Balaban J connectivity index is 0.00000537. The Morgan fingerprint density at radius 2 is 1.08 bits per heavy atom. The van der Waals surface area contributed by atoms with Crippen molar-refractivity contribution < 1.29 is 197 Å². The molecular formula is C89H145NO40. The molecule has 12 aliphatic rings. The van der Waals surface area contributed by atoms with Crippen molar-refractivity contribution in [2.75, 3.05) is 33.0 Å². The molecule has 0 aromatic heterocycles. The van der Waals surface area contributed by atoms with Crippen LogP contribution in [-0.4, -0.2) is 386 Å². The molecule has 11 fully saturated rings. The first-order valence-electron chi connectivity index (χ1n) is 46.2. The maximum absolute atomic E-state index is 16.3. The molecule has 15 unspecified atom stereocenters. The predicted molar refractivity (Wildman–Crippen MR) is 440 cm³/mol. The normalized spacial score (nSPS) is 47.4. The van der Waals surface area contributed by atoms with Gasteiger partial charge < -0.3 is 179 Å². The minimum atomic E-state index is -2.11. The molecular weight excluding hydrogens is 1720 g/mol. The number of nitrogens with one attached hydrogen (secondary N) is 1. The molecule has 746 valence electrons. The van der Waals surface area contributed by atoms with E-state index in [0.717, 1.165) is 11.9 Å². The molecule has 41 nitrogen and oxygen atoms in total. The third-order valence-electron chi connectivity index (χ3n) is 32.0. The molecule has 130 heavy (non-hydrogen) atoms. The molecule has 47 atom stereocenters. The van der Waals surface area contributed by atoms with E-state index in [2.05, 4.69) is 46.0 Å². The summed E-state index contributed by atoms with van der Waals surface area (Å²) in [6.07, 6.45) is -49.3. The SMILES string of the molecule is CC[C@@H](C)C(CC(=O)C[C@@H](O)C[C@H](O[C@@H]1O[C@@H](CC)[C@@H](O)C1O)[C@H](C)CC)C[C@H](O)CC(=O)N[C@H]1C(CO)O[C@@H](OC(=O)[C@]23CCC(C)(C)CC2C2=CCC4C5(C)CC[C@H](O[C@@H]6OC[C@@H](O)[C@H](O[C@@H]7OC[C@@H](O)[C@H](O)C7O)C6O[C@@H]6OC(CO)[C@H](O)[C@H](O)C6O)[C@](C)(C=O)[C@@H]5CC[C@]4(C)[C@]2(C)CC3O)[C@H](O[C@@H]2OC(C)[C@H](O[C@@H]3OC[C@@H](O)C(O)[C@H]3O)C(O)[C@@H]2O)C1O.O=C=O. The highest BCUT2D eigenvalue weighted by Crippen LogP contribution is 2.76. The van der Waals surface area contributed by atoms with E-state index in [1.165, 1.54) is 6.92 Å². The Hall–Kier alpha value is -3.92. The van der Waals surface area contributed by atoms with Crippen LogP contribution in [0, 0.1) is 68.0 Å². The number of amides is 1. The average molecular weight is 1870 g/mol. The van der Waals surface area contributed by atoms with Crippen LogP contribution in [-0.2, 0) is 95.1 Å². The number of hydrogen-bond acceptors (Lipinski definition) is 40. The van der Waals surface area contributed by atoms with Gasteiger partial charge in [0.05, 0.1) is 93.6 Å². The number of rotatable bonds is 33. The number of allylic oxidation sites excluding steroid dienone is 2. The van der Waals surface area contributed by atoms with Gasteiger partial charge in [0.2, 0.25) is 12.2 Å². The molecule has 4 saturated carbocycles. The lowest BCUT2D eigenvalue weighted by Crippen LogP contribution is -2.70. The number of esters is 1. The van der Waals surface area contributed by atoms with Gasteiger partial charge in [0, 0.05) is 19.3 Å². The summed E-state index contributed by atoms with van der Waals surface area (Å²) in [5, 5.41) is 227. The Bertz CT molecular complexity index is 3770. The monoisotopic (exact) mass is 1870 g/mol. The number of aliphatic hydroxyl groups excluding tert-OH is 20. The van der Waals surface area contributed by atoms with Crippen LogP contribution in [0.3, 0.4) is 0 Å². The minimum absolute atomic E-state index is 0.00110. The van der Waals surface area contributed by atoms with Gasteiger partial charge in [0.1, 0.15) is 140 Å². The quantitative estimate of drug-likeness (QED) is 0.0131. The molecule has 1 amide bonds. The van der Waals surface area contributed by atoms with Crippen molar-refractivity contribution in [1.82, 2.24) is 5.32 Å². The van der Waals surface area contributed by atoms with Crippen LogP contribution in [0.25, 0.3) is 0 Å². The molecule has 0 bridgehead atoms. The Labute approximate surface area is 755 Å². The molecule has 7 heterocycles. The standard InChI is InChI=1S/C88H145NO38.CO2/c1-13-37(4)40(24-41(93)26-43(95)27-50(38(5)14-2)119-78-68(110)61(103)49(15-3)118-78)25-42(94)28-57(100)89-58-51(31-90)120-81(73(63(58)105)125-77-70(112)65(107)71(39(6)117-77)123-75-66(108)59(101)46(96)33-114-75)127-82(113)88-23-22-83(7,8)29-45(88)44-16-17-54-84(9)20-19-56(85(10,36-92)53(84)18-21-86(54,11)87(44,12)30-55(88)99)122-80-74(126-79-69(111)64(106)62(104)52(32-91)121-79)72(48(98)35-116-80)124-76-67(109)60(102)47(97)34-115-76;2-1-3/h16,36-40,42-43,45-56,58-81,90-91,94-99,101-112H,13-15,17-35H2,1-12H3,(H,89,100);/t37-,38-,39?,40?,42+,43-,45?,46-,47-,48-,49+,50+,51?,52?,53-,54?,55?,56+,58+,59?,60+,61-,62+,63?,64+,65?,66-,67?,68?,69?,70+,71+,72+,73-,74?,75+,76+,77+,78+,79+,80+,81+,84?,85-,86+,87-,88-;/m1./s1. The smallest absolute Gasteiger partial charge is 0.373 e. The number of ketones is 1. The van der Waals surface area contributed by atoms with E-state index in [4.69, 9.17) is 75.9 Å². The third-order valence-corrected chi connectivity index (χ3v) is 32.0. The van der Waals surface area contributed by atoms with Gasteiger partial charge in [-0.1, -0.05) is 101 Å². The third kappa shape index (κ3) is 21.3. The van der Waals surface area contributed by atoms with Gasteiger partial charge in [0.25, 0.3) is 0 Å². The number of Topliss-reactive ketones (excluding diaryl/α,β-unsaturated/α-hetero) is 1. The molecule has 21 N–H and O–H groups in total. The lowest BCUT2D eigenvalue weighted by atomic mass is 9.33. The zero-order chi connectivity index (χ0) is 95.8. The molecule has 12 rings (SSSR count). The van der Waals surface area contributed by atoms with Gasteiger partial charge >= 0.3 is 12.1 Å². The zero-order valence-corrected chi connectivity index (χ0v) is 76.1. The zero-order valence-electron chi connectivity index (χ0n) is 76.1. The van der Waals surface area contributed by atoms with E-state index >= 15 is 4.79 Å². The molecule has 7 aliphatic heterocycles. The lowest BCUT2D eigenvalue weighted by Gasteiger charge is -2.71. The topological polar surface area (TPSA) is 648 Å². The summed E-state index contributed by atoms with van der Waals surface area (Å²) in [6, 6.07) is -1.68. The number of carbonyl (C=O) groups excluding carboxylic acids is 6. The lowest BCUT2D eigenvalue weighted by molar-refractivity contribution is -0.384. The number of hydrogen-bond donors (Lipinski definition) is 21. The van der Waals surface area contributed by atoms with Gasteiger partial charge in [-0.25, -0.2) is 0 Å². The summed E-state index contributed by atoms with van der Waals surface area (Å²) in [5.74, 6) is -4.48. The van der Waals surface area contributed by atoms with E-state index in [0.29, 0.717) is 57.8 Å². The number of aliphatic hydroxyl groups is 20. The van der Waals surface area contributed by atoms with Crippen molar-refractivity contribution in [1.29, 1.82) is 0 Å². The van der Waals surface area contributed by atoms with E-state index in [1.807, 2.05) is 27.7 Å². The van der Waals surface area contributed by atoms with Crippen LogP contribution >= 0.6 is 0 Å². The molecule has 41 heteroatoms. The highest BCUT2D eigenvalue weighted by molar-refractivity contribution is 5.80. The number of carbonyl (C=O) groups is 4. The molecule has 0 radical (unpaired) electrons. The highest BCUT2D eigenvalue weighted by Gasteiger charge is 2.73. The van der Waals surface area contributed by atoms with Crippen molar-refractivity contribution >= 4 is 30.1 Å². The first kappa shape index (κ1) is 107. The van der Waals surface area contributed by atoms with Crippen molar-refractivity contribution in [3.8, 4) is 0 Å². The largest absolute Gasteiger partial charge is 0.432 e. The molecule has 7 saturated heterocycles. The van der Waals surface area contributed by atoms with Crippen LogP contribution in [0.5, 0.6) is 0 Å². The molecule has 0 aromatic rings. The Morgan fingerprint density at radius 3 is 1.68 bits per heavy atom. The van der Waals surface area contributed by atoms with E-state index in [-0.39, 0.29) is 74.6 Å². The second-order valence-corrected chi connectivity index (χ2v) is 40.5. The summed E-state index contributed by atoms with van der Waals surface area (Å²) < 4.78 is 85.8. The first-order valence-corrected chi connectivity index (χ1v) is 46.2. The Kier molecular flexibility index (Phi) is 35.8. The van der Waals surface area contributed by atoms with Gasteiger partial charge in [0.15, 0.2) is 43.8 Å². The van der Waals surface area contributed by atoms with E-state index in [1.54, 1.807) is 13.8 Å². The Morgan fingerprint density at radius 1 is 0.538 bits per heavy atom. The van der Waals surface area contributed by atoms with Crippen LogP contribution in [0.1, 0.15) is 192 Å². The number of aldehydes is 1. The maximum Gasteiger partial charge on any atom is 0.373 e. The maximum atomic E-state index is 16.3. The summed E-state index contributed by atoms with van der Waals surface area (Å²) in [7, 11) is 0. The van der Waals surface area contributed by atoms with Crippen molar-refractivity contribution in [3.63, 3.8) is 0 Å². The predicted octanol–water partition coefficient (Wildman–Crippen LogP) is -3.56. The fourth-order valence-corrected chi connectivity index (χ4v) is 23.5. The van der Waals surface area contributed by atoms with Gasteiger partial charge in [-0.15, -0.1) is 0 Å². The number of ether oxygens (including phenoxy) is 14. The number of fused-ring (bicyclic) bond motifs is 7. The van der Waals surface area contributed by atoms with Crippen LogP contribution in [0.2, 0.25) is 0 Å². The van der Waals surface area contributed by atoms with Crippen LogP contribution < -0.4 is 5.32 Å². The van der Waals surface area contributed by atoms with Crippen molar-refractivity contribution in [2.24, 2.45) is 68.0 Å². The summed E-state index contributed by atoms with van der Waals surface area (Å²) in [5.41, 5.74) is -4.90. The second kappa shape index (κ2) is 43.6. The van der Waals surface area contributed by atoms with Crippen LogP contribution in [0.4, 0.5) is 0 Å². The minimum Gasteiger partial charge on any atom is -0.432 e. The van der Waals surface area contributed by atoms with Gasteiger partial charge in [-0.3, -0.25) is 14.4 Å². The second-order valence-electron chi connectivity index (χ2n) is 40.5. The summed E-state index contributed by atoms with van der Waals surface area (Å²) >= 11 is 0. The van der Waals surface area contributed by atoms with Crippen molar-refractivity contribution in [3.05, 3.63) is 11.6 Å². The van der Waals surface area contributed by atoms with Crippen LogP contribution in [0.15, 0.2) is 11.6 Å². The molecule has 0 spiro atoms. The summed E-state index contributed by atoms with van der Waals surface area (Å²) in [6.45, 7) is 19.9. The average Bonchev–Trinajstić information content (AvgIpc) is 0.712. The fraction of sp³-hybridized carbons (Fsp3) is 0.921. The van der Waals surface area contributed by atoms with Gasteiger partial charge in [-0.05, 0) is 135 Å². The fourth-order valence-electron chi connectivity index (χ4n) is 23.5. The molecule has 5 aliphatic carbocycles.